The molecule has 0 radical (unpaired) electrons. The molecule has 1 heterocycles. The molecule has 0 unspecified atom stereocenters. The first kappa shape index (κ1) is 20.2. The van der Waals surface area contributed by atoms with Crippen molar-refractivity contribution in [2.45, 2.75) is 30.6 Å². The number of allylic oxidation sites excluding steroid dienone is 1. The Morgan fingerprint density at radius 3 is 2.07 bits per heavy atom. The maximum Gasteiger partial charge on any atom is 0.187 e. The van der Waals surface area contributed by atoms with Crippen LogP contribution in [-0.4, -0.2) is 63.5 Å². The lowest BCUT2D eigenvalue weighted by Gasteiger charge is -2.41. The number of ether oxygens (including phenoxy) is 1. The lowest BCUT2D eigenvalue weighted by molar-refractivity contribution is -0.252. The number of carbonyl (C=O) groups is 1. The van der Waals surface area contributed by atoms with Gasteiger partial charge in [-0.1, -0.05) is 60.7 Å². The summed E-state index contributed by atoms with van der Waals surface area (Å²) >= 11 is 0. The van der Waals surface area contributed by atoms with Crippen LogP contribution >= 0.6 is 0 Å². The lowest BCUT2D eigenvalue weighted by Crippen LogP contribution is -2.62. The summed E-state index contributed by atoms with van der Waals surface area (Å²) in [5.74, 6) is -0.263. The van der Waals surface area contributed by atoms with Crippen LogP contribution in [0.1, 0.15) is 15.9 Å². The zero-order chi connectivity index (χ0) is 20.1. The van der Waals surface area contributed by atoms with E-state index in [1.54, 1.807) is 48.5 Å². The molecule has 148 valence electrons. The highest BCUT2D eigenvalue weighted by Gasteiger charge is 2.43. The Kier molecular flexibility index (Phi) is 6.56. The van der Waals surface area contributed by atoms with Gasteiger partial charge in [-0.15, -0.1) is 0 Å². The van der Waals surface area contributed by atoms with E-state index in [4.69, 9.17) is 4.74 Å². The SMILES string of the molecule is O=C(/C=C(\N[C@@H]1[C@@H](O)[C@H](O)[C@@H](CO)O[C@H]1O)c1ccccc1)c1ccccc1. The number of aliphatic hydroxyl groups excluding tert-OH is 4. The molecular weight excluding hydrogens is 362 g/mol. The van der Waals surface area contributed by atoms with Gasteiger partial charge >= 0.3 is 0 Å². The summed E-state index contributed by atoms with van der Waals surface area (Å²) in [6.07, 6.45) is -4.03. The summed E-state index contributed by atoms with van der Waals surface area (Å²) in [5, 5.41) is 42.8. The Morgan fingerprint density at radius 2 is 1.50 bits per heavy atom. The molecule has 0 bridgehead atoms. The number of rotatable bonds is 6. The Balaban J connectivity index is 1.90. The number of carbonyl (C=O) groups excluding carboxylic acids is 1. The molecule has 1 fully saturated rings. The van der Waals surface area contributed by atoms with E-state index in [0.29, 0.717) is 16.8 Å². The van der Waals surface area contributed by atoms with Gasteiger partial charge in [-0.25, -0.2) is 0 Å². The van der Waals surface area contributed by atoms with Crippen LogP contribution in [0.3, 0.4) is 0 Å². The summed E-state index contributed by atoms with van der Waals surface area (Å²) in [6.45, 7) is -0.546. The number of hydrogen-bond acceptors (Lipinski definition) is 7. The van der Waals surface area contributed by atoms with Crippen molar-refractivity contribution < 1.29 is 30.0 Å². The van der Waals surface area contributed by atoms with E-state index in [0.717, 1.165) is 0 Å². The first-order valence-corrected chi connectivity index (χ1v) is 8.95. The summed E-state index contributed by atoms with van der Waals surface area (Å²) in [7, 11) is 0. The van der Waals surface area contributed by atoms with Crippen LogP contribution in [0, 0.1) is 0 Å². The maximum atomic E-state index is 12.6. The van der Waals surface area contributed by atoms with Crippen molar-refractivity contribution in [3.8, 4) is 0 Å². The van der Waals surface area contributed by atoms with E-state index >= 15 is 0 Å². The van der Waals surface area contributed by atoms with E-state index in [2.05, 4.69) is 5.32 Å². The van der Waals surface area contributed by atoms with E-state index in [1.165, 1.54) is 6.08 Å². The molecule has 0 aromatic heterocycles. The van der Waals surface area contributed by atoms with E-state index in [9.17, 15) is 25.2 Å². The van der Waals surface area contributed by atoms with Crippen molar-refractivity contribution in [1.82, 2.24) is 5.32 Å². The van der Waals surface area contributed by atoms with Gasteiger partial charge in [-0.3, -0.25) is 4.79 Å². The summed E-state index contributed by atoms with van der Waals surface area (Å²) in [5.41, 5.74) is 1.50. The summed E-state index contributed by atoms with van der Waals surface area (Å²) in [6, 6.07) is 16.5. The zero-order valence-electron chi connectivity index (χ0n) is 15.1. The minimum Gasteiger partial charge on any atom is -0.394 e. The van der Waals surface area contributed by atoms with Crippen LogP contribution in [0.25, 0.3) is 5.70 Å². The van der Waals surface area contributed by atoms with E-state index in [1.807, 2.05) is 12.1 Å². The Hall–Kier alpha value is -2.55. The molecule has 1 saturated heterocycles. The second kappa shape index (κ2) is 9.09. The maximum absolute atomic E-state index is 12.6. The third kappa shape index (κ3) is 4.46. The van der Waals surface area contributed by atoms with Gasteiger partial charge in [0, 0.05) is 17.3 Å². The average molecular weight is 385 g/mol. The average Bonchev–Trinajstić information content (AvgIpc) is 2.74. The number of ketones is 1. The fourth-order valence-corrected chi connectivity index (χ4v) is 3.08. The molecule has 1 aliphatic heterocycles. The van der Waals surface area contributed by atoms with Crippen LogP contribution in [0.5, 0.6) is 0 Å². The van der Waals surface area contributed by atoms with Crippen LogP contribution in [0.15, 0.2) is 66.7 Å². The quantitative estimate of drug-likeness (QED) is 0.358. The third-order valence-electron chi connectivity index (χ3n) is 4.64. The first-order chi connectivity index (χ1) is 13.5. The van der Waals surface area contributed by atoms with Gasteiger partial charge < -0.3 is 30.5 Å². The lowest BCUT2D eigenvalue weighted by atomic mass is 9.96. The molecule has 2 aromatic rings. The van der Waals surface area contributed by atoms with Crippen molar-refractivity contribution in [3.63, 3.8) is 0 Å². The van der Waals surface area contributed by atoms with Crippen molar-refractivity contribution in [2.24, 2.45) is 0 Å². The smallest absolute Gasteiger partial charge is 0.187 e. The van der Waals surface area contributed by atoms with Crippen molar-refractivity contribution >= 4 is 11.5 Å². The number of benzene rings is 2. The number of nitrogens with one attached hydrogen (secondary N) is 1. The van der Waals surface area contributed by atoms with E-state index < -0.39 is 37.3 Å². The molecule has 1 aliphatic rings. The number of aliphatic hydroxyl groups is 4. The minimum absolute atomic E-state index is 0.263. The van der Waals surface area contributed by atoms with Gasteiger partial charge in [0.05, 0.1) is 6.61 Å². The van der Waals surface area contributed by atoms with Crippen LogP contribution < -0.4 is 5.32 Å². The van der Waals surface area contributed by atoms with Gasteiger partial charge in [-0.2, -0.15) is 0 Å². The first-order valence-electron chi connectivity index (χ1n) is 8.95. The molecule has 2 aromatic carbocycles. The molecule has 0 amide bonds. The molecular formula is C21H23NO6. The van der Waals surface area contributed by atoms with Gasteiger partial charge in [-0.05, 0) is 5.56 Å². The Labute approximate surface area is 162 Å². The molecule has 7 heteroatoms. The largest absolute Gasteiger partial charge is 0.394 e. The van der Waals surface area contributed by atoms with Crippen LogP contribution in [0.4, 0.5) is 0 Å². The highest BCUT2D eigenvalue weighted by molar-refractivity contribution is 6.08. The highest BCUT2D eigenvalue weighted by atomic mass is 16.6. The summed E-state index contributed by atoms with van der Waals surface area (Å²) in [4.78, 5) is 12.6. The standard InChI is InChI=1S/C21H23NO6/c23-12-17-19(25)20(26)18(21(27)28-17)22-15(13-7-3-1-4-8-13)11-16(24)14-9-5-2-6-10-14/h1-11,17-23,25-27H,12H2/b15-11-/t17-,18-,19-,20-,21-/m1/s1. The normalized spacial score (nSPS) is 28.0. The monoisotopic (exact) mass is 385 g/mol. The van der Waals surface area contributed by atoms with Crippen LogP contribution in [-0.2, 0) is 4.74 Å². The molecule has 5 atom stereocenters. The second-order valence-corrected chi connectivity index (χ2v) is 6.55. The molecule has 28 heavy (non-hydrogen) atoms. The van der Waals surface area contributed by atoms with Gasteiger partial charge in [0.25, 0.3) is 0 Å². The fraction of sp³-hybridized carbons (Fsp3) is 0.286. The Bertz CT molecular complexity index is 810. The molecule has 3 rings (SSSR count). The predicted molar refractivity (Wildman–Crippen MR) is 102 cm³/mol. The topological polar surface area (TPSA) is 119 Å². The van der Waals surface area contributed by atoms with Crippen molar-refractivity contribution in [1.29, 1.82) is 0 Å². The van der Waals surface area contributed by atoms with Gasteiger partial charge in [0.2, 0.25) is 0 Å². The molecule has 0 aliphatic carbocycles. The van der Waals surface area contributed by atoms with Crippen molar-refractivity contribution in [2.75, 3.05) is 6.61 Å². The molecule has 0 spiro atoms. The second-order valence-electron chi connectivity index (χ2n) is 6.55. The third-order valence-corrected chi connectivity index (χ3v) is 4.64. The van der Waals surface area contributed by atoms with E-state index in [-0.39, 0.29) is 5.78 Å². The predicted octanol–water partition coefficient (Wildman–Crippen LogP) is 0.300. The molecule has 5 N–H and O–H groups in total. The fourth-order valence-electron chi connectivity index (χ4n) is 3.08. The Morgan fingerprint density at radius 1 is 0.929 bits per heavy atom. The van der Waals surface area contributed by atoms with Crippen LogP contribution in [0.2, 0.25) is 0 Å². The highest BCUT2D eigenvalue weighted by Crippen LogP contribution is 2.23. The summed E-state index contributed by atoms with van der Waals surface area (Å²) < 4.78 is 5.18. The van der Waals surface area contributed by atoms with Crippen molar-refractivity contribution in [3.05, 3.63) is 77.9 Å². The van der Waals surface area contributed by atoms with Gasteiger partial charge in [0.1, 0.15) is 24.4 Å². The molecule has 7 nitrogen and oxygen atoms in total. The van der Waals surface area contributed by atoms with Gasteiger partial charge in [0.15, 0.2) is 12.1 Å². The minimum atomic E-state index is -1.49. The zero-order valence-corrected chi connectivity index (χ0v) is 15.1. The number of hydrogen-bond donors (Lipinski definition) is 5. The molecule has 0 saturated carbocycles.